The quantitative estimate of drug-likeness (QED) is 0.439. The van der Waals surface area contributed by atoms with Crippen LogP contribution in [0.25, 0.3) is 0 Å². The van der Waals surface area contributed by atoms with Crippen LogP contribution in [0.4, 0.5) is 5.82 Å². The Balaban J connectivity index is 0.00000192. The Bertz CT molecular complexity index is 539. The van der Waals surface area contributed by atoms with Gasteiger partial charge in [-0.25, -0.2) is 9.98 Å². The van der Waals surface area contributed by atoms with Crippen LogP contribution in [0.2, 0.25) is 0 Å². The number of aliphatic imine (C=N–C) groups is 1. The number of guanidine groups is 1. The predicted octanol–water partition coefficient (Wildman–Crippen LogP) is 2.47. The van der Waals surface area contributed by atoms with E-state index < -0.39 is 0 Å². The smallest absolute Gasteiger partial charge is 0.191 e. The highest BCUT2D eigenvalue weighted by molar-refractivity contribution is 14.0. The van der Waals surface area contributed by atoms with E-state index in [0.717, 1.165) is 49.2 Å². The summed E-state index contributed by atoms with van der Waals surface area (Å²) in [5, 5.41) is 0. The topological polar surface area (TPSA) is 57.8 Å². The molecule has 2 fully saturated rings. The second-order valence-electron chi connectivity index (χ2n) is 5.94. The number of thioether (sulfide) groups is 1. The Morgan fingerprint density at radius 2 is 1.91 bits per heavy atom. The SMILES string of the molecule is Cc1cc(CN=C(N)N2CCSCC2)cc(N2CCCC2)n1.I. The first-order chi connectivity index (χ1) is 10.7. The Labute approximate surface area is 160 Å². The molecular weight excluding hydrogens is 421 g/mol. The van der Waals surface area contributed by atoms with Crippen LogP contribution >= 0.6 is 35.7 Å². The lowest BCUT2D eigenvalue weighted by atomic mass is 10.2. The first-order valence-electron chi connectivity index (χ1n) is 8.07. The third-order valence-corrected chi connectivity index (χ3v) is 5.13. The fourth-order valence-electron chi connectivity index (χ4n) is 2.99. The number of halogens is 1. The molecule has 0 bridgehead atoms. The molecule has 0 unspecified atom stereocenters. The summed E-state index contributed by atoms with van der Waals surface area (Å²) in [5.74, 6) is 4.06. The van der Waals surface area contributed by atoms with Crippen molar-refractivity contribution in [1.29, 1.82) is 0 Å². The second-order valence-corrected chi connectivity index (χ2v) is 7.17. The molecule has 2 saturated heterocycles. The summed E-state index contributed by atoms with van der Waals surface area (Å²) in [7, 11) is 0. The summed E-state index contributed by atoms with van der Waals surface area (Å²) in [6, 6.07) is 4.28. The van der Waals surface area contributed by atoms with Gasteiger partial charge in [0.2, 0.25) is 0 Å². The Hall–Kier alpha value is -0.700. The van der Waals surface area contributed by atoms with E-state index in [2.05, 4.69) is 38.8 Å². The monoisotopic (exact) mass is 447 g/mol. The van der Waals surface area contributed by atoms with Crippen LogP contribution in [0.3, 0.4) is 0 Å². The summed E-state index contributed by atoms with van der Waals surface area (Å²) >= 11 is 1.98. The molecular formula is C16H26IN5S. The third-order valence-electron chi connectivity index (χ3n) is 4.19. The van der Waals surface area contributed by atoms with Gasteiger partial charge in [-0.15, -0.1) is 24.0 Å². The number of pyridine rings is 1. The minimum atomic E-state index is 0. The molecule has 1 aromatic heterocycles. The van der Waals surface area contributed by atoms with E-state index in [0.29, 0.717) is 12.5 Å². The number of aryl methyl sites for hydroxylation is 1. The second kappa shape index (κ2) is 8.96. The van der Waals surface area contributed by atoms with E-state index in [-0.39, 0.29) is 24.0 Å². The molecule has 3 rings (SSSR count). The minimum absolute atomic E-state index is 0. The van der Waals surface area contributed by atoms with Crippen molar-refractivity contribution in [1.82, 2.24) is 9.88 Å². The van der Waals surface area contributed by atoms with Gasteiger partial charge in [0.25, 0.3) is 0 Å². The molecule has 1 aromatic rings. The maximum absolute atomic E-state index is 6.14. The van der Waals surface area contributed by atoms with E-state index in [1.807, 2.05) is 11.8 Å². The van der Waals surface area contributed by atoms with Gasteiger partial charge in [0, 0.05) is 43.4 Å². The van der Waals surface area contributed by atoms with Crippen LogP contribution in [0.1, 0.15) is 24.1 Å². The lowest BCUT2D eigenvalue weighted by Crippen LogP contribution is -2.42. The highest BCUT2D eigenvalue weighted by Crippen LogP contribution is 2.20. The van der Waals surface area contributed by atoms with Crippen LogP contribution in [-0.4, -0.2) is 53.5 Å². The zero-order valence-electron chi connectivity index (χ0n) is 13.7. The van der Waals surface area contributed by atoms with E-state index in [1.165, 1.54) is 18.4 Å². The van der Waals surface area contributed by atoms with E-state index >= 15 is 0 Å². The number of hydrogen-bond donors (Lipinski definition) is 1. The van der Waals surface area contributed by atoms with Gasteiger partial charge in [-0.2, -0.15) is 11.8 Å². The van der Waals surface area contributed by atoms with Crippen molar-refractivity contribution in [3.63, 3.8) is 0 Å². The summed E-state index contributed by atoms with van der Waals surface area (Å²) in [6.07, 6.45) is 2.53. The summed E-state index contributed by atoms with van der Waals surface area (Å²) in [4.78, 5) is 13.8. The van der Waals surface area contributed by atoms with Crippen LogP contribution in [0, 0.1) is 6.92 Å². The molecule has 0 atom stereocenters. The average Bonchev–Trinajstić information content (AvgIpc) is 3.07. The first-order valence-corrected chi connectivity index (χ1v) is 9.23. The highest BCUT2D eigenvalue weighted by Gasteiger charge is 2.15. The summed E-state index contributed by atoms with van der Waals surface area (Å²) in [5.41, 5.74) is 8.39. The fraction of sp³-hybridized carbons (Fsp3) is 0.625. The van der Waals surface area contributed by atoms with Gasteiger partial charge in [-0.05, 0) is 37.5 Å². The van der Waals surface area contributed by atoms with Crippen LogP contribution < -0.4 is 10.6 Å². The van der Waals surface area contributed by atoms with Gasteiger partial charge < -0.3 is 15.5 Å². The van der Waals surface area contributed by atoms with E-state index in [1.54, 1.807) is 0 Å². The molecule has 0 aliphatic carbocycles. The maximum Gasteiger partial charge on any atom is 0.191 e. The standard InChI is InChI=1S/C16H25N5S.HI/c1-13-10-14(11-15(19-13)20-4-2-3-5-20)12-18-16(17)21-6-8-22-9-7-21;/h10-11H,2-9,12H2,1H3,(H2,17,18);1H. The fourth-order valence-corrected chi connectivity index (χ4v) is 3.89. The average molecular weight is 447 g/mol. The molecule has 0 radical (unpaired) electrons. The van der Waals surface area contributed by atoms with Crippen LogP contribution in [-0.2, 0) is 6.54 Å². The first kappa shape index (κ1) is 18.6. The number of nitrogens with zero attached hydrogens (tertiary/aromatic N) is 4. The largest absolute Gasteiger partial charge is 0.370 e. The molecule has 0 aromatic carbocycles. The van der Waals surface area contributed by atoms with Crippen LogP contribution in [0.5, 0.6) is 0 Å². The van der Waals surface area contributed by atoms with E-state index in [4.69, 9.17) is 5.73 Å². The third kappa shape index (κ3) is 5.14. The maximum atomic E-state index is 6.14. The molecule has 2 aliphatic rings. The van der Waals surface area contributed by atoms with Crippen molar-refractivity contribution in [2.75, 3.05) is 42.6 Å². The van der Waals surface area contributed by atoms with Crippen molar-refractivity contribution in [3.8, 4) is 0 Å². The number of nitrogens with two attached hydrogens (primary N) is 1. The number of hydrogen-bond acceptors (Lipinski definition) is 4. The van der Waals surface area contributed by atoms with Crippen molar-refractivity contribution < 1.29 is 0 Å². The van der Waals surface area contributed by atoms with Gasteiger partial charge >= 0.3 is 0 Å². The molecule has 3 heterocycles. The zero-order chi connectivity index (χ0) is 15.4. The van der Waals surface area contributed by atoms with Crippen LogP contribution in [0.15, 0.2) is 17.1 Å². The Morgan fingerprint density at radius 1 is 1.22 bits per heavy atom. The number of aromatic nitrogens is 1. The minimum Gasteiger partial charge on any atom is -0.370 e. The van der Waals surface area contributed by atoms with Gasteiger partial charge in [0.15, 0.2) is 5.96 Å². The van der Waals surface area contributed by atoms with Gasteiger partial charge in [0.1, 0.15) is 5.82 Å². The Kier molecular flexibility index (Phi) is 7.26. The van der Waals surface area contributed by atoms with E-state index in [9.17, 15) is 0 Å². The molecule has 2 aliphatic heterocycles. The van der Waals surface area contributed by atoms with Crippen molar-refractivity contribution >= 4 is 47.5 Å². The summed E-state index contributed by atoms with van der Waals surface area (Å²) < 4.78 is 0. The van der Waals surface area contributed by atoms with Crippen molar-refractivity contribution in [3.05, 3.63) is 23.4 Å². The number of rotatable bonds is 3. The highest BCUT2D eigenvalue weighted by atomic mass is 127. The molecule has 2 N–H and O–H groups in total. The normalized spacial score (nSPS) is 18.9. The van der Waals surface area contributed by atoms with Gasteiger partial charge in [-0.1, -0.05) is 0 Å². The van der Waals surface area contributed by atoms with Gasteiger partial charge in [-0.3, -0.25) is 0 Å². The lowest BCUT2D eigenvalue weighted by molar-refractivity contribution is 0.455. The zero-order valence-corrected chi connectivity index (χ0v) is 16.8. The van der Waals surface area contributed by atoms with Crippen molar-refractivity contribution in [2.45, 2.75) is 26.3 Å². The van der Waals surface area contributed by atoms with Gasteiger partial charge in [0.05, 0.1) is 6.54 Å². The van der Waals surface area contributed by atoms with Crippen molar-refractivity contribution in [2.24, 2.45) is 10.7 Å². The lowest BCUT2D eigenvalue weighted by Gasteiger charge is -2.27. The molecule has 7 heteroatoms. The Morgan fingerprint density at radius 3 is 2.61 bits per heavy atom. The molecule has 0 saturated carbocycles. The predicted molar refractivity (Wildman–Crippen MR) is 110 cm³/mol. The number of anilines is 1. The molecule has 23 heavy (non-hydrogen) atoms. The summed E-state index contributed by atoms with van der Waals surface area (Å²) in [6.45, 7) is 6.94. The molecule has 0 amide bonds. The molecule has 5 nitrogen and oxygen atoms in total. The molecule has 0 spiro atoms. The molecule has 128 valence electrons.